The van der Waals surface area contributed by atoms with Crippen molar-refractivity contribution in [3.63, 3.8) is 0 Å². The van der Waals surface area contributed by atoms with Gasteiger partial charge in [0.2, 0.25) is 0 Å². The lowest BCUT2D eigenvalue weighted by molar-refractivity contribution is 0.101. The number of halogens is 2. The fourth-order valence-electron chi connectivity index (χ4n) is 3.11. The smallest absolute Gasteiger partial charge is 0.279 e. The lowest BCUT2D eigenvalue weighted by atomic mass is 10.2. The molecule has 0 unspecified atom stereocenters. The summed E-state index contributed by atoms with van der Waals surface area (Å²) in [5.74, 6) is 1.26. The minimum Gasteiger partial charge on any atom is -0.488 e. The SMILES string of the molecule is Cc1ccccc1OCc1c(C(=O)Nc2nn(Cc3ccc(Br)cc3)cc2Br)noc1C. The van der Waals surface area contributed by atoms with Crippen molar-refractivity contribution in [3.8, 4) is 5.75 Å². The normalized spacial score (nSPS) is 10.9. The van der Waals surface area contributed by atoms with Crippen LogP contribution in [0.4, 0.5) is 5.82 Å². The van der Waals surface area contributed by atoms with Gasteiger partial charge in [0.25, 0.3) is 5.91 Å². The summed E-state index contributed by atoms with van der Waals surface area (Å²) in [6.45, 7) is 4.46. The molecule has 9 heteroatoms. The van der Waals surface area contributed by atoms with Gasteiger partial charge in [0.05, 0.1) is 16.6 Å². The molecule has 4 rings (SSSR count). The highest BCUT2D eigenvalue weighted by Crippen LogP contribution is 2.24. The molecular formula is C23H20Br2N4O3. The van der Waals surface area contributed by atoms with Crippen LogP contribution in [-0.4, -0.2) is 20.8 Å². The van der Waals surface area contributed by atoms with Crippen LogP contribution in [0.1, 0.15) is 32.9 Å². The molecule has 0 saturated heterocycles. The van der Waals surface area contributed by atoms with Gasteiger partial charge >= 0.3 is 0 Å². The third-order valence-electron chi connectivity index (χ3n) is 4.87. The van der Waals surface area contributed by atoms with Gasteiger partial charge in [0.15, 0.2) is 11.5 Å². The van der Waals surface area contributed by atoms with Crippen molar-refractivity contribution < 1.29 is 14.1 Å². The van der Waals surface area contributed by atoms with E-state index < -0.39 is 5.91 Å². The molecule has 0 fully saturated rings. The van der Waals surface area contributed by atoms with Crippen molar-refractivity contribution in [2.75, 3.05) is 5.32 Å². The Balaban J connectivity index is 1.47. The summed E-state index contributed by atoms with van der Waals surface area (Å²) in [4.78, 5) is 12.9. The summed E-state index contributed by atoms with van der Waals surface area (Å²) in [5, 5.41) is 11.2. The topological polar surface area (TPSA) is 82.2 Å². The summed E-state index contributed by atoms with van der Waals surface area (Å²) in [6.07, 6.45) is 1.81. The van der Waals surface area contributed by atoms with Gasteiger partial charge in [-0.05, 0) is 59.1 Å². The molecule has 0 saturated carbocycles. The highest BCUT2D eigenvalue weighted by atomic mass is 79.9. The molecule has 2 heterocycles. The molecule has 1 amide bonds. The molecule has 32 heavy (non-hydrogen) atoms. The van der Waals surface area contributed by atoms with E-state index in [4.69, 9.17) is 9.26 Å². The van der Waals surface area contributed by atoms with E-state index in [1.165, 1.54) is 0 Å². The Morgan fingerprint density at radius 3 is 2.62 bits per heavy atom. The van der Waals surface area contributed by atoms with Crippen LogP contribution < -0.4 is 10.1 Å². The van der Waals surface area contributed by atoms with E-state index in [0.717, 1.165) is 21.3 Å². The molecule has 0 radical (unpaired) electrons. The number of amides is 1. The third kappa shape index (κ3) is 5.11. The number of nitrogens with zero attached hydrogens (tertiary/aromatic N) is 3. The second kappa shape index (κ2) is 9.70. The standard InChI is InChI=1S/C23H20Br2N4O3/c1-14-5-3-4-6-20(14)31-13-18-15(2)32-28-21(18)23(30)26-22-19(25)12-29(27-22)11-16-7-9-17(24)10-8-16/h3-10,12H,11,13H2,1-2H3,(H,26,27,30). The van der Waals surface area contributed by atoms with E-state index in [1.54, 1.807) is 11.6 Å². The number of hydrogen-bond donors (Lipinski definition) is 1. The first-order valence-electron chi connectivity index (χ1n) is 9.83. The number of nitrogens with one attached hydrogen (secondary N) is 1. The van der Waals surface area contributed by atoms with Crippen molar-refractivity contribution in [1.29, 1.82) is 0 Å². The van der Waals surface area contributed by atoms with E-state index in [2.05, 4.69) is 47.4 Å². The average molecular weight is 560 g/mol. The average Bonchev–Trinajstić information content (AvgIpc) is 3.31. The molecule has 164 valence electrons. The summed E-state index contributed by atoms with van der Waals surface area (Å²) in [5.41, 5.74) is 2.86. The molecule has 0 spiro atoms. The van der Waals surface area contributed by atoms with Crippen LogP contribution in [0.5, 0.6) is 5.75 Å². The van der Waals surface area contributed by atoms with Crippen LogP contribution >= 0.6 is 31.9 Å². The predicted octanol–water partition coefficient (Wildman–Crippen LogP) is 5.89. The molecule has 0 atom stereocenters. The maximum absolute atomic E-state index is 12.9. The summed E-state index contributed by atoms with van der Waals surface area (Å²) >= 11 is 6.89. The Kier molecular flexibility index (Phi) is 6.76. The first-order chi connectivity index (χ1) is 15.4. The van der Waals surface area contributed by atoms with Gasteiger partial charge in [0, 0.05) is 10.7 Å². The molecule has 1 N–H and O–H groups in total. The Labute approximate surface area is 202 Å². The molecule has 0 aliphatic heterocycles. The summed E-state index contributed by atoms with van der Waals surface area (Å²) < 4.78 is 14.6. The number of ether oxygens (including phenoxy) is 1. The van der Waals surface area contributed by atoms with E-state index in [-0.39, 0.29) is 12.3 Å². The highest BCUT2D eigenvalue weighted by Gasteiger charge is 2.22. The van der Waals surface area contributed by atoms with E-state index in [0.29, 0.717) is 28.2 Å². The molecular weight excluding hydrogens is 540 g/mol. The van der Waals surface area contributed by atoms with Gasteiger partial charge in [-0.3, -0.25) is 9.48 Å². The second-order valence-electron chi connectivity index (χ2n) is 7.22. The van der Waals surface area contributed by atoms with Crippen molar-refractivity contribution in [1.82, 2.24) is 14.9 Å². The molecule has 2 aromatic heterocycles. The quantitative estimate of drug-likeness (QED) is 0.305. The Morgan fingerprint density at radius 1 is 1.12 bits per heavy atom. The molecule has 4 aromatic rings. The predicted molar refractivity (Wildman–Crippen MR) is 128 cm³/mol. The number of para-hydroxylation sites is 1. The van der Waals surface area contributed by atoms with Crippen LogP contribution in [0, 0.1) is 13.8 Å². The fourth-order valence-corrected chi connectivity index (χ4v) is 3.79. The number of rotatable bonds is 7. The maximum atomic E-state index is 12.9. The number of carbonyl (C=O) groups is 1. The van der Waals surface area contributed by atoms with Crippen molar-refractivity contribution in [3.05, 3.63) is 91.8 Å². The van der Waals surface area contributed by atoms with Crippen LogP contribution in [0.2, 0.25) is 0 Å². The maximum Gasteiger partial charge on any atom is 0.279 e. The molecule has 0 bridgehead atoms. The molecule has 0 aliphatic rings. The van der Waals surface area contributed by atoms with Crippen LogP contribution in [0.3, 0.4) is 0 Å². The number of carbonyl (C=O) groups excluding carboxylic acids is 1. The van der Waals surface area contributed by atoms with Crippen LogP contribution in [0.25, 0.3) is 0 Å². The highest BCUT2D eigenvalue weighted by molar-refractivity contribution is 9.10. The Bertz CT molecular complexity index is 1250. The molecule has 7 nitrogen and oxygen atoms in total. The van der Waals surface area contributed by atoms with E-state index >= 15 is 0 Å². The largest absolute Gasteiger partial charge is 0.488 e. The van der Waals surface area contributed by atoms with E-state index in [1.807, 2.05) is 61.7 Å². The summed E-state index contributed by atoms with van der Waals surface area (Å²) in [7, 11) is 0. The van der Waals surface area contributed by atoms with Gasteiger partial charge in [-0.15, -0.1) is 0 Å². The zero-order valence-electron chi connectivity index (χ0n) is 17.4. The Morgan fingerprint density at radius 2 is 1.88 bits per heavy atom. The number of aryl methyl sites for hydroxylation is 2. The van der Waals surface area contributed by atoms with Crippen LogP contribution in [0.15, 0.2) is 68.2 Å². The van der Waals surface area contributed by atoms with E-state index in [9.17, 15) is 4.79 Å². The van der Waals surface area contributed by atoms with Gasteiger partial charge in [0.1, 0.15) is 18.1 Å². The third-order valence-corrected chi connectivity index (χ3v) is 5.98. The first kappa shape index (κ1) is 22.3. The van der Waals surface area contributed by atoms with Gasteiger partial charge in [-0.1, -0.05) is 51.4 Å². The molecule has 0 aliphatic carbocycles. The monoisotopic (exact) mass is 558 g/mol. The van der Waals surface area contributed by atoms with Crippen LogP contribution in [-0.2, 0) is 13.2 Å². The molecule has 2 aromatic carbocycles. The summed E-state index contributed by atoms with van der Waals surface area (Å²) in [6, 6.07) is 15.7. The van der Waals surface area contributed by atoms with Crippen molar-refractivity contribution in [2.24, 2.45) is 0 Å². The number of aromatic nitrogens is 3. The van der Waals surface area contributed by atoms with Gasteiger partial charge < -0.3 is 14.6 Å². The Hall–Kier alpha value is -2.91. The number of benzene rings is 2. The first-order valence-corrected chi connectivity index (χ1v) is 11.4. The minimum absolute atomic E-state index is 0.169. The second-order valence-corrected chi connectivity index (χ2v) is 8.99. The lowest BCUT2D eigenvalue weighted by Gasteiger charge is -2.09. The lowest BCUT2D eigenvalue weighted by Crippen LogP contribution is -2.16. The van der Waals surface area contributed by atoms with Gasteiger partial charge in [-0.2, -0.15) is 5.10 Å². The fraction of sp³-hybridized carbons (Fsp3) is 0.174. The minimum atomic E-state index is -0.417. The van der Waals surface area contributed by atoms with Crippen molar-refractivity contribution >= 4 is 43.6 Å². The number of hydrogen-bond acceptors (Lipinski definition) is 5. The zero-order chi connectivity index (χ0) is 22.7. The van der Waals surface area contributed by atoms with Gasteiger partial charge in [-0.25, -0.2) is 0 Å². The van der Waals surface area contributed by atoms with Crippen molar-refractivity contribution in [2.45, 2.75) is 27.0 Å². The zero-order valence-corrected chi connectivity index (χ0v) is 20.6. The number of anilines is 1.